The van der Waals surface area contributed by atoms with Gasteiger partial charge in [-0.05, 0) is 50.4 Å². The van der Waals surface area contributed by atoms with Crippen molar-refractivity contribution in [3.8, 4) is 0 Å². The molecule has 0 aromatic heterocycles. The zero-order valence-corrected chi connectivity index (χ0v) is 13.6. The lowest BCUT2D eigenvalue weighted by atomic mass is 9.96. The van der Waals surface area contributed by atoms with E-state index in [1.165, 1.54) is 31.7 Å². The molecule has 0 spiro atoms. The number of hydrogen-bond donors (Lipinski definition) is 1. The molecule has 2 rings (SSSR count). The highest BCUT2D eigenvalue weighted by Gasteiger charge is 2.26. The van der Waals surface area contributed by atoms with Crippen LogP contribution in [0.5, 0.6) is 0 Å². The van der Waals surface area contributed by atoms with Crippen LogP contribution in [0.25, 0.3) is 0 Å². The van der Waals surface area contributed by atoms with E-state index in [9.17, 15) is 4.39 Å². The quantitative estimate of drug-likeness (QED) is 0.874. The van der Waals surface area contributed by atoms with Crippen LogP contribution < -0.4 is 5.73 Å². The maximum absolute atomic E-state index is 14.2. The monoisotopic (exact) mass is 312 g/mol. The van der Waals surface area contributed by atoms with E-state index >= 15 is 0 Å². The molecular formula is C17H26ClFN2. The predicted octanol–water partition coefficient (Wildman–Crippen LogP) is 4.38. The summed E-state index contributed by atoms with van der Waals surface area (Å²) in [5, 5.41) is 0.486. The van der Waals surface area contributed by atoms with E-state index < -0.39 is 0 Å². The van der Waals surface area contributed by atoms with Crippen molar-refractivity contribution in [2.75, 3.05) is 19.6 Å². The second-order valence-electron chi connectivity index (χ2n) is 6.01. The number of nitrogens with two attached hydrogens (primary N) is 1. The summed E-state index contributed by atoms with van der Waals surface area (Å²) in [5.74, 6) is 0.557. The van der Waals surface area contributed by atoms with Gasteiger partial charge in [0.15, 0.2) is 0 Å². The van der Waals surface area contributed by atoms with Gasteiger partial charge in [-0.1, -0.05) is 37.4 Å². The van der Waals surface area contributed by atoms with Crippen molar-refractivity contribution in [2.45, 2.75) is 45.1 Å². The van der Waals surface area contributed by atoms with Crippen molar-refractivity contribution >= 4 is 11.6 Å². The normalized spacial score (nSPS) is 22.0. The first-order valence-corrected chi connectivity index (χ1v) is 8.43. The summed E-state index contributed by atoms with van der Waals surface area (Å²) in [6, 6.07) is 4.76. The second-order valence-corrected chi connectivity index (χ2v) is 6.42. The van der Waals surface area contributed by atoms with E-state index in [1.807, 2.05) is 0 Å². The minimum atomic E-state index is -0.243. The summed E-state index contributed by atoms with van der Waals surface area (Å²) in [7, 11) is 0. The molecule has 2 atom stereocenters. The molecule has 0 aliphatic carbocycles. The van der Waals surface area contributed by atoms with Crippen molar-refractivity contribution < 1.29 is 4.39 Å². The van der Waals surface area contributed by atoms with Crippen LogP contribution in [0, 0.1) is 11.7 Å². The second kappa shape index (κ2) is 8.11. The van der Waals surface area contributed by atoms with Crippen molar-refractivity contribution in [2.24, 2.45) is 11.7 Å². The van der Waals surface area contributed by atoms with Crippen molar-refractivity contribution in [1.82, 2.24) is 4.90 Å². The van der Waals surface area contributed by atoms with Crippen LogP contribution in [0.15, 0.2) is 18.2 Å². The van der Waals surface area contributed by atoms with E-state index in [1.54, 1.807) is 12.1 Å². The number of benzene rings is 1. The molecule has 2 nitrogen and oxygen atoms in total. The maximum Gasteiger partial charge on any atom is 0.129 e. The van der Waals surface area contributed by atoms with Gasteiger partial charge >= 0.3 is 0 Å². The lowest BCUT2D eigenvalue weighted by Gasteiger charge is -2.31. The zero-order chi connectivity index (χ0) is 15.2. The molecule has 4 heteroatoms. The molecule has 1 saturated heterocycles. The summed E-state index contributed by atoms with van der Waals surface area (Å²) < 4.78 is 14.2. The van der Waals surface area contributed by atoms with Gasteiger partial charge in [-0.15, -0.1) is 0 Å². The summed E-state index contributed by atoms with van der Waals surface area (Å²) in [6.45, 7) is 4.60. The lowest BCUT2D eigenvalue weighted by Crippen LogP contribution is -2.35. The Morgan fingerprint density at radius 3 is 2.86 bits per heavy atom. The Morgan fingerprint density at radius 1 is 1.38 bits per heavy atom. The average Bonchev–Trinajstić information content (AvgIpc) is 2.69. The van der Waals surface area contributed by atoms with Gasteiger partial charge in [0.2, 0.25) is 0 Å². The van der Waals surface area contributed by atoms with Gasteiger partial charge in [0.05, 0.1) is 6.04 Å². The number of likely N-dealkylation sites (tertiary alicyclic amines) is 1. The van der Waals surface area contributed by atoms with Crippen LogP contribution in [0.1, 0.15) is 50.6 Å². The van der Waals surface area contributed by atoms with E-state index in [0.29, 0.717) is 17.1 Å². The molecule has 0 bridgehead atoms. The first-order chi connectivity index (χ1) is 10.2. The van der Waals surface area contributed by atoms with E-state index in [2.05, 4.69) is 11.8 Å². The summed E-state index contributed by atoms with van der Waals surface area (Å²) in [5.41, 5.74) is 6.52. The molecule has 2 N–H and O–H groups in total. The Labute approximate surface area is 132 Å². The van der Waals surface area contributed by atoms with Crippen LogP contribution in [-0.2, 0) is 0 Å². The third-order valence-corrected chi connectivity index (χ3v) is 4.91. The Kier molecular flexibility index (Phi) is 6.46. The van der Waals surface area contributed by atoms with Gasteiger partial charge in [0.1, 0.15) is 5.82 Å². The minimum Gasteiger partial charge on any atom is -0.329 e. The van der Waals surface area contributed by atoms with Crippen molar-refractivity contribution in [1.29, 1.82) is 0 Å². The van der Waals surface area contributed by atoms with Gasteiger partial charge in [-0.2, -0.15) is 0 Å². The first-order valence-electron chi connectivity index (χ1n) is 8.05. The van der Waals surface area contributed by atoms with Crippen molar-refractivity contribution in [3.05, 3.63) is 34.6 Å². The third-order valence-electron chi connectivity index (χ3n) is 4.58. The molecule has 1 aliphatic heterocycles. The van der Waals surface area contributed by atoms with E-state index in [4.69, 9.17) is 17.3 Å². The van der Waals surface area contributed by atoms with Crippen LogP contribution >= 0.6 is 11.6 Å². The minimum absolute atomic E-state index is 0.112. The fourth-order valence-electron chi connectivity index (χ4n) is 3.47. The Morgan fingerprint density at radius 2 is 2.19 bits per heavy atom. The topological polar surface area (TPSA) is 29.3 Å². The van der Waals surface area contributed by atoms with E-state index in [0.717, 1.165) is 25.4 Å². The van der Waals surface area contributed by atoms with Crippen molar-refractivity contribution in [3.63, 3.8) is 0 Å². The fourth-order valence-corrected chi connectivity index (χ4v) is 3.76. The van der Waals surface area contributed by atoms with Gasteiger partial charge < -0.3 is 5.73 Å². The van der Waals surface area contributed by atoms with Gasteiger partial charge in [-0.25, -0.2) is 4.39 Å². The summed E-state index contributed by atoms with van der Waals surface area (Å²) in [4.78, 5) is 2.32. The lowest BCUT2D eigenvalue weighted by molar-refractivity contribution is 0.202. The number of halogens is 2. The molecule has 21 heavy (non-hydrogen) atoms. The highest BCUT2D eigenvalue weighted by atomic mass is 35.5. The van der Waals surface area contributed by atoms with Gasteiger partial charge in [0, 0.05) is 17.1 Å². The zero-order valence-electron chi connectivity index (χ0n) is 12.8. The number of rotatable bonds is 5. The highest BCUT2D eigenvalue weighted by Crippen LogP contribution is 2.32. The Bertz CT molecular complexity index is 432. The molecule has 1 heterocycles. The average molecular weight is 313 g/mol. The molecule has 1 aromatic carbocycles. The molecule has 118 valence electrons. The number of nitrogens with zero attached hydrogens (tertiary/aromatic N) is 1. The molecule has 0 radical (unpaired) electrons. The van der Waals surface area contributed by atoms with Crippen LogP contribution in [0.4, 0.5) is 4.39 Å². The number of hydrogen-bond acceptors (Lipinski definition) is 2. The first kappa shape index (κ1) is 16.7. The summed E-state index contributed by atoms with van der Waals surface area (Å²) >= 11 is 6.22. The molecule has 1 aromatic rings. The highest BCUT2D eigenvalue weighted by molar-refractivity contribution is 6.31. The Hall–Kier alpha value is -0.640. The smallest absolute Gasteiger partial charge is 0.129 e. The van der Waals surface area contributed by atoms with Crippen LogP contribution in [-0.4, -0.2) is 24.5 Å². The van der Waals surface area contributed by atoms with Gasteiger partial charge in [-0.3, -0.25) is 4.90 Å². The maximum atomic E-state index is 14.2. The SMILES string of the molecule is CCCC1CCCN(C(CN)c2c(F)cccc2Cl)CC1. The third kappa shape index (κ3) is 4.18. The molecule has 1 fully saturated rings. The largest absolute Gasteiger partial charge is 0.329 e. The Balaban J connectivity index is 2.14. The summed E-state index contributed by atoms with van der Waals surface area (Å²) in [6.07, 6.45) is 6.14. The van der Waals surface area contributed by atoms with E-state index in [-0.39, 0.29) is 11.9 Å². The van der Waals surface area contributed by atoms with Gasteiger partial charge in [0.25, 0.3) is 0 Å². The predicted molar refractivity (Wildman–Crippen MR) is 87.0 cm³/mol. The molecule has 1 aliphatic rings. The molecule has 0 saturated carbocycles. The van der Waals surface area contributed by atoms with Crippen LogP contribution in [0.2, 0.25) is 5.02 Å². The van der Waals surface area contributed by atoms with Crippen LogP contribution in [0.3, 0.4) is 0 Å². The molecule has 0 amide bonds. The standard InChI is InChI=1S/C17H26ClFN2/c1-2-5-13-6-4-10-21(11-9-13)16(12-20)17-14(18)7-3-8-15(17)19/h3,7-8,13,16H,2,4-6,9-12,20H2,1H3. The molecular weight excluding hydrogens is 287 g/mol. The molecule has 2 unspecified atom stereocenters. The fraction of sp³-hybridized carbons (Fsp3) is 0.647.